The lowest BCUT2D eigenvalue weighted by atomic mass is 10.0. The zero-order valence-corrected chi connectivity index (χ0v) is 13.3. The molecule has 0 unspecified atom stereocenters. The van der Waals surface area contributed by atoms with Crippen LogP contribution in [0.4, 0.5) is 0 Å². The number of likely N-dealkylation sites (tertiary alicyclic amines) is 1. The number of carbonyl (C=O) groups excluding carboxylic acids is 2. The van der Waals surface area contributed by atoms with Gasteiger partial charge in [0.05, 0.1) is 17.6 Å². The number of amides is 2. The van der Waals surface area contributed by atoms with Crippen molar-refractivity contribution in [2.75, 3.05) is 13.6 Å². The summed E-state index contributed by atoms with van der Waals surface area (Å²) in [4.78, 5) is 25.5. The summed E-state index contributed by atoms with van der Waals surface area (Å²) in [5, 5.41) is 7.22. The van der Waals surface area contributed by atoms with Crippen molar-refractivity contribution in [2.45, 2.75) is 19.4 Å². The van der Waals surface area contributed by atoms with Crippen LogP contribution in [0.15, 0.2) is 42.7 Å². The van der Waals surface area contributed by atoms with E-state index >= 15 is 0 Å². The summed E-state index contributed by atoms with van der Waals surface area (Å²) in [5.41, 5.74) is 1.95. The second kappa shape index (κ2) is 6.24. The van der Waals surface area contributed by atoms with Crippen LogP contribution < -0.4 is 5.32 Å². The number of benzene rings is 1. The fourth-order valence-corrected chi connectivity index (χ4v) is 2.81. The van der Waals surface area contributed by atoms with Crippen molar-refractivity contribution in [1.29, 1.82) is 0 Å². The third-order valence-electron chi connectivity index (χ3n) is 4.21. The largest absolute Gasteiger partial charge is 0.349 e. The first-order valence-corrected chi connectivity index (χ1v) is 7.69. The minimum absolute atomic E-state index is 0.0264. The van der Waals surface area contributed by atoms with Crippen LogP contribution in [0.25, 0.3) is 5.69 Å². The second-order valence-corrected chi connectivity index (χ2v) is 5.95. The van der Waals surface area contributed by atoms with Gasteiger partial charge in [-0.05, 0) is 30.7 Å². The Labute approximate surface area is 135 Å². The maximum atomic E-state index is 12.3. The quantitative estimate of drug-likeness (QED) is 0.931. The third-order valence-corrected chi connectivity index (χ3v) is 4.21. The minimum atomic E-state index is -0.260. The summed E-state index contributed by atoms with van der Waals surface area (Å²) < 4.78 is 1.78. The van der Waals surface area contributed by atoms with Gasteiger partial charge in [0.15, 0.2) is 0 Å². The Hall–Kier alpha value is -2.63. The highest BCUT2D eigenvalue weighted by Crippen LogP contribution is 2.20. The van der Waals surface area contributed by atoms with Gasteiger partial charge in [-0.25, -0.2) is 4.68 Å². The molecule has 6 heteroatoms. The molecule has 0 saturated carbocycles. The number of hydrogen-bond acceptors (Lipinski definition) is 3. The normalized spacial score (nSPS) is 19.0. The van der Waals surface area contributed by atoms with E-state index in [1.807, 2.05) is 43.5 Å². The SMILES string of the molecule is C[C@@H](NC(=O)[C@H]1CC(=O)N(C)C1)c1cccc(-n2cccn2)c1. The van der Waals surface area contributed by atoms with Gasteiger partial charge in [0, 0.05) is 32.4 Å². The molecule has 1 aliphatic heterocycles. The van der Waals surface area contributed by atoms with Crippen molar-refractivity contribution in [2.24, 2.45) is 5.92 Å². The maximum absolute atomic E-state index is 12.3. The highest BCUT2D eigenvalue weighted by molar-refractivity contribution is 5.89. The molecule has 1 aliphatic rings. The van der Waals surface area contributed by atoms with Crippen LogP contribution in [-0.4, -0.2) is 40.1 Å². The lowest BCUT2D eigenvalue weighted by Gasteiger charge is -2.18. The number of rotatable bonds is 4. The van der Waals surface area contributed by atoms with Crippen LogP contribution in [-0.2, 0) is 9.59 Å². The van der Waals surface area contributed by atoms with Gasteiger partial charge in [-0.1, -0.05) is 12.1 Å². The molecule has 23 heavy (non-hydrogen) atoms. The van der Waals surface area contributed by atoms with Crippen LogP contribution in [0.3, 0.4) is 0 Å². The fourth-order valence-electron chi connectivity index (χ4n) is 2.81. The molecule has 0 radical (unpaired) electrons. The topological polar surface area (TPSA) is 67.2 Å². The third kappa shape index (κ3) is 3.26. The van der Waals surface area contributed by atoms with Crippen molar-refractivity contribution in [3.8, 4) is 5.69 Å². The van der Waals surface area contributed by atoms with Crippen LogP contribution in [0, 0.1) is 5.92 Å². The molecule has 120 valence electrons. The Balaban J connectivity index is 1.69. The predicted octanol–water partition coefficient (Wildman–Crippen LogP) is 1.53. The predicted molar refractivity (Wildman–Crippen MR) is 85.9 cm³/mol. The van der Waals surface area contributed by atoms with Crippen molar-refractivity contribution >= 4 is 11.8 Å². The van der Waals surface area contributed by atoms with Crippen LogP contribution in [0.5, 0.6) is 0 Å². The van der Waals surface area contributed by atoms with E-state index in [1.54, 1.807) is 22.8 Å². The summed E-state index contributed by atoms with van der Waals surface area (Å²) in [5.74, 6) is -0.303. The zero-order valence-electron chi connectivity index (χ0n) is 13.3. The molecule has 0 bridgehead atoms. The summed E-state index contributed by atoms with van der Waals surface area (Å²) in [6.07, 6.45) is 3.90. The van der Waals surface area contributed by atoms with Gasteiger partial charge in [0.1, 0.15) is 0 Å². The summed E-state index contributed by atoms with van der Waals surface area (Å²) in [7, 11) is 1.73. The lowest BCUT2D eigenvalue weighted by molar-refractivity contribution is -0.128. The molecule has 1 N–H and O–H groups in total. The maximum Gasteiger partial charge on any atom is 0.225 e. The Morgan fingerprint density at radius 1 is 1.39 bits per heavy atom. The molecule has 3 rings (SSSR count). The molecule has 2 heterocycles. The van der Waals surface area contributed by atoms with E-state index in [0.29, 0.717) is 13.0 Å². The first-order valence-electron chi connectivity index (χ1n) is 7.69. The van der Waals surface area contributed by atoms with Gasteiger partial charge in [0.2, 0.25) is 11.8 Å². The Morgan fingerprint density at radius 3 is 2.87 bits per heavy atom. The molecule has 2 atom stereocenters. The number of nitrogens with one attached hydrogen (secondary N) is 1. The van der Waals surface area contributed by atoms with E-state index in [1.165, 1.54) is 0 Å². The van der Waals surface area contributed by atoms with Crippen molar-refractivity contribution in [3.05, 3.63) is 48.3 Å². The monoisotopic (exact) mass is 312 g/mol. The summed E-state index contributed by atoms with van der Waals surface area (Å²) in [6, 6.07) is 9.63. The van der Waals surface area contributed by atoms with Crippen molar-refractivity contribution in [3.63, 3.8) is 0 Å². The van der Waals surface area contributed by atoms with Crippen molar-refractivity contribution in [1.82, 2.24) is 20.0 Å². The fraction of sp³-hybridized carbons (Fsp3) is 0.353. The lowest BCUT2D eigenvalue weighted by Crippen LogP contribution is -2.34. The number of hydrogen-bond donors (Lipinski definition) is 1. The molecule has 1 aromatic carbocycles. The first-order chi connectivity index (χ1) is 11.0. The molecule has 6 nitrogen and oxygen atoms in total. The average molecular weight is 312 g/mol. The molecule has 0 spiro atoms. The van der Waals surface area contributed by atoms with Gasteiger partial charge >= 0.3 is 0 Å². The zero-order chi connectivity index (χ0) is 16.4. The molecular weight excluding hydrogens is 292 g/mol. The Bertz CT molecular complexity index is 711. The van der Waals surface area contributed by atoms with Gasteiger partial charge in [-0.15, -0.1) is 0 Å². The number of carbonyl (C=O) groups is 2. The van der Waals surface area contributed by atoms with E-state index in [4.69, 9.17) is 0 Å². The van der Waals surface area contributed by atoms with Crippen molar-refractivity contribution < 1.29 is 9.59 Å². The highest BCUT2D eigenvalue weighted by Gasteiger charge is 2.32. The number of nitrogens with zero attached hydrogens (tertiary/aromatic N) is 3. The molecule has 2 amide bonds. The smallest absolute Gasteiger partial charge is 0.225 e. The standard InChI is InChI=1S/C17H20N4O2/c1-12(19-17(23)14-10-16(22)20(2)11-14)13-5-3-6-15(9-13)21-8-4-7-18-21/h3-9,12,14H,10-11H2,1-2H3,(H,19,23)/t12-,14+/m1/s1. The number of aromatic nitrogens is 2. The molecular formula is C17H20N4O2. The van der Waals surface area contributed by atoms with Crippen LogP contribution in [0.1, 0.15) is 24.9 Å². The van der Waals surface area contributed by atoms with E-state index in [-0.39, 0.29) is 23.8 Å². The van der Waals surface area contributed by atoms with Crippen LogP contribution >= 0.6 is 0 Å². The summed E-state index contributed by atoms with van der Waals surface area (Å²) in [6.45, 7) is 2.44. The van der Waals surface area contributed by atoms with Gasteiger partial charge in [-0.2, -0.15) is 5.10 Å². The van der Waals surface area contributed by atoms with Crippen LogP contribution in [0.2, 0.25) is 0 Å². The molecule has 0 aliphatic carbocycles. The molecule has 1 fully saturated rings. The second-order valence-electron chi connectivity index (χ2n) is 5.95. The Kier molecular flexibility index (Phi) is 4.14. The molecule has 2 aromatic rings. The van der Waals surface area contributed by atoms with Gasteiger partial charge in [0.25, 0.3) is 0 Å². The highest BCUT2D eigenvalue weighted by atomic mass is 16.2. The van der Waals surface area contributed by atoms with E-state index in [9.17, 15) is 9.59 Å². The summed E-state index contributed by atoms with van der Waals surface area (Å²) >= 11 is 0. The molecule has 1 saturated heterocycles. The Morgan fingerprint density at radius 2 is 2.22 bits per heavy atom. The van der Waals surface area contributed by atoms with Gasteiger partial charge in [-0.3, -0.25) is 9.59 Å². The molecule has 1 aromatic heterocycles. The van der Waals surface area contributed by atoms with Gasteiger partial charge < -0.3 is 10.2 Å². The van der Waals surface area contributed by atoms with E-state index in [0.717, 1.165) is 11.3 Å². The van der Waals surface area contributed by atoms with E-state index < -0.39 is 0 Å². The van der Waals surface area contributed by atoms with E-state index in [2.05, 4.69) is 10.4 Å². The first kappa shape index (κ1) is 15.3. The minimum Gasteiger partial charge on any atom is -0.349 e. The average Bonchev–Trinajstić information content (AvgIpc) is 3.18.